The van der Waals surface area contributed by atoms with Gasteiger partial charge in [0.1, 0.15) is 61.5 Å². The highest BCUT2D eigenvalue weighted by Gasteiger charge is 2.56. The van der Waals surface area contributed by atoms with E-state index >= 15 is 0 Å². The molecule has 12 N–H and O–H groups in total. The first-order valence-electron chi connectivity index (χ1n) is 17.1. The van der Waals surface area contributed by atoms with Crippen LogP contribution in [0.15, 0.2) is 0 Å². The summed E-state index contributed by atoms with van der Waals surface area (Å²) >= 11 is 0. The molecular weight excluding hydrogens is 676 g/mol. The van der Waals surface area contributed by atoms with Gasteiger partial charge in [0, 0.05) is 18.8 Å². The zero-order valence-electron chi connectivity index (χ0n) is 27.3. The Bertz CT molecular complexity index is 1120. The van der Waals surface area contributed by atoms with Crippen LogP contribution < -0.4 is 0 Å². The van der Waals surface area contributed by atoms with E-state index in [0.29, 0.717) is 25.7 Å². The van der Waals surface area contributed by atoms with Gasteiger partial charge in [0.05, 0.1) is 37.3 Å². The number of carboxylic acid groups (broad SMARTS) is 1. The lowest BCUT2D eigenvalue weighted by Gasteiger charge is -2.50. The summed E-state index contributed by atoms with van der Waals surface area (Å²) in [5.41, 5.74) is 0. The Morgan fingerprint density at radius 1 is 0.720 bits per heavy atom. The van der Waals surface area contributed by atoms with Crippen molar-refractivity contribution in [3.63, 3.8) is 0 Å². The number of hydrogen-bond donors (Lipinski definition) is 11. The fourth-order valence-corrected chi connectivity index (χ4v) is 7.78. The lowest BCUT2D eigenvalue weighted by Crippen LogP contribution is -2.64. The molecule has 0 radical (unpaired) electrons. The average molecular weight is 728 g/mol. The number of aliphatic hydroxyl groups excluding tert-OH is 10. The molecule has 19 heteroatoms. The third kappa shape index (κ3) is 8.92. The SMILES string of the molecule is O=C(C[C@@H](O)C(=O)O)OC[C@H]1O[C@@H](OC2CC3C(O[C@@H]4O[C@H](CO)[C@@H](O)[C@H](O)[C@H]4O)CC(O)CC3[OH+]C2C2CCC(O)CC2)[C@H](O)[C@@H](O)[C@@H]1O. The molecule has 5 rings (SSSR count). The molecule has 0 aromatic carbocycles. The number of carboxylic acids is 1. The minimum Gasteiger partial charge on any atom is -0.479 e. The molecule has 0 amide bonds. The van der Waals surface area contributed by atoms with Gasteiger partial charge < -0.3 is 84.6 Å². The molecule has 17 atom stereocenters. The molecule has 0 spiro atoms. The molecule has 3 aliphatic heterocycles. The number of carbonyl (C=O) groups is 2. The second kappa shape index (κ2) is 17.0. The van der Waals surface area contributed by atoms with E-state index in [1.807, 2.05) is 0 Å². The van der Waals surface area contributed by atoms with Gasteiger partial charge in [0.25, 0.3) is 0 Å². The van der Waals surface area contributed by atoms with Crippen LogP contribution in [-0.2, 0) is 33.3 Å². The molecule has 6 unspecified atom stereocenters. The van der Waals surface area contributed by atoms with Crippen LogP contribution >= 0.6 is 0 Å². The van der Waals surface area contributed by atoms with E-state index in [4.69, 9.17) is 33.5 Å². The highest BCUT2D eigenvalue weighted by molar-refractivity contribution is 5.80. The minimum atomic E-state index is -2.02. The first-order chi connectivity index (χ1) is 23.7. The zero-order chi connectivity index (χ0) is 36.4. The van der Waals surface area contributed by atoms with Gasteiger partial charge in [-0.15, -0.1) is 0 Å². The normalized spacial score (nSPS) is 47.6. The number of aliphatic hydroxyl groups is 12. The maximum Gasteiger partial charge on any atom is 0.333 e. The molecule has 19 nitrogen and oxygen atoms in total. The molecule has 2 saturated carbocycles. The van der Waals surface area contributed by atoms with Crippen molar-refractivity contribution < 1.29 is 94.2 Å². The maximum absolute atomic E-state index is 12.1. The summed E-state index contributed by atoms with van der Waals surface area (Å²) in [7, 11) is 0. The summed E-state index contributed by atoms with van der Waals surface area (Å²) in [6.45, 7) is -1.34. The number of carbonyl (C=O) groups excluding carboxylic acids is 1. The van der Waals surface area contributed by atoms with Gasteiger partial charge in [-0.05, 0) is 32.1 Å². The van der Waals surface area contributed by atoms with Gasteiger partial charge in [-0.2, -0.15) is 0 Å². The Morgan fingerprint density at radius 3 is 1.90 bits per heavy atom. The fraction of sp³-hybridized carbons (Fsp3) is 0.935. The molecule has 3 saturated heterocycles. The maximum atomic E-state index is 12.1. The van der Waals surface area contributed by atoms with E-state index in [-0.39, 0.29) is 25.2 Å². The average Bonchev–Trinajstić information content (AvgIpc) is 3.08. The quantitative estimate of drug-likeness (QED) is 0.0699. The van der Waals surface area contributed by atoms with Crippen molar-refractivity contribution in [2.75, 3.05) is 13.2 Å². The van der Waals surface area contributed by atoms with E-state index in [0.717, 1.165) is 0 Å². The summed E-state index contributed by atoms with van der Waals surface area (Å²) in [5.74, 6) is -3.31. The zero-order valence-corrected chi connectivity index (χ0v) is 27.3. The van der Waals surface area contributed by atoms with E-state index in [1.165, 1.54) is 0 Å². The van der Waals surface area contributed by atoms with Crippen LogP contribution in [0.5, 0.6) is 0 Å². The lowest BCUT2D eigenvalue weighted by atomic mass is 9.73. The Labute approximate surface area is 286 Å². The topological polar surface area (TPSA) is 316 Å². The van der Waals surface area contributed by atoms with E-state index in [2.05, 4.69) is 0 Å². The van der Waals surface area contributed by atoms with Crippen molar-refractivity contribution in [3.8, 4) is 0 Å². The van der Waals surface area contributed by atoms with Crippen LogP contribution in [0.4, 0.5) is 0 Å². The van der Waals surface area contributed by atoms with Crippen LogP contribution in [0.25, 0.3) is 0 Å². The monoisotopic (exact) mass is 727 g/mol. The second-order valence-electron chi connectivity index (χ2n) is 14.1. The van der Waals surface area contributed by atoms with Crippen molar-refractivity contribution in [2.45, 2.75) is 156 Å². The van der Waals surface area contributed by atoms with Crippen LogP contribution in [-0.4, -0.2) is 190 Å². The number of ether oxygens (including phenoxy) is 6. The fourth-order valence-electron chi connectivity index (χ4n) is 7.78. The summed E-state index contributed by atoms with van der Waals surface area (Å²) in [6, 6.07) is 0. The Balaban J connectivity index is 1.33. The Kier molecular flexibility index (Phi) is 13.4. The summed E-state index contributed by atoms with van der Waals surface area (Å²) in [6.07, 6.45) is -20.1. The molecule has 0 aromatic rings. The van der Waals surface area contributed by atoms with Gasteiger partial charge in [-0.25, -0.2) is 4.79 Å². The first kappa shape index (κ1) is 39.5. The third-order valence-corrected chi connectivity index (χ3v) is 10.7. The summed E-state index contributed by atoms with van der Waals surface area (Å²) in [4.78, 5) is 22.9. The molecule has 50 heavy (non-hydrogen) atoms. The van der Waals surface area contributed by atoms with Crippen LogP contribution in [0.1, 0.15) is 51.4 Å². The van der Waals surface area contributed by atoms with Gasteiger partial charge >= 0.3 is 11.9 Å². The van der Waals surface area contributed by atoms with E-state index < -0.39 is 142 Å². The van der Waals surface area contributed by atoms with Crippen molar-refractivity contribution >= 4 is 11.9 Å². The van der Waals surface area contributed by atoms with Crippen molar-refractivity contribution in [3.05, 3.63) is 0 Å². The van der Waals surface area contributed by atoms with Gasteiger partial charge in [-0.1, -0.05) is 0 Å². The van der Waals surface area contributed by atoms with Crippen molar-refractivity contribution in [1.29, 1.82) is 0 Å². The van der Waals surface area contributed by atoms with Gasteiger partial charge in [0.15, 0.2) is 30.9 Å². The highest BCUT2D eigenvalue weighted by atomic mass is 16.7. The summed E-state index contributed by atoms with van der Waals surface area (Å²) in [5, 5.41) is 112. The second-order valence-corrected chi connectivity index (χ2v) is 14.1. The summed E-state index contributed by atoms with van der Waals surface area (Å²) < 4.78 is 33.8. The number of rotatable bonds is 11. The van der Waals surface area contributed by atoms with Crippen molar-refractivity contribution in [2.24, 2.45) is 11.8 Å². The Hall–Kier alpha value is -1.66. The predicted octanol–water partition coefficient (Wildman–Crippen LogP) is -5.27. The number of esters is 1. The molecular formula is C31H51O19+. The van der Waals surface area contributed by atoms with E-state index in [1.54, 1.807) is 0 Å². The van der Waals surface area contributed by atoms with Crippen LogP contribution in [0, 0.1) is 11.8 Å². The molecule has 5 aliphatic rings. The molecule has 3 heterocycles. The standard InChI is InChI=1S/C31H50O19/c32-9-19-22(37)24(39)26(41)30(49-19)47-17-6-13(34)5-16-14(17)7-18(28(46-16)11-1-3-12(33)4-2-11)48-31-27(42)25(40)23(38)20(50-31)10-45-21(36)8-15(35)29(43)44/h11-20,22-28,30-35,37-42H,1-10H2,(H,43,44)/p+1/t11?,12?,13?,14?,15-,16?,17?,18?,19-,20-,22-,23-,24+,25+,26-,27-,28?,30-,31-/m1/s1. The smallest absolute Gasteiger partial charge is 0.333 e. The minimum absolute atomic E-state index is 0.0796. The number of fused-ring (bicyclic) bond motifs is 1. The molecule has 0 aromatic heterocycles. The highest BCUT2D eigenvalue weighted by Crippen LogP contribution is 2.43. The predicted molar refractivity (Wildman–Crippen MR) is 161 cm³/mol. The van der Waals surface area contributed by atoms with Crippen LogP contribution in [0.3, 0.4) is 0 Å². The van der Waals surface area contributed by atoms with Gasteiger partial charge in [-0.3, -0.25) is 4.79 Å². The number of hydrogen-bond acceptors (Lipinski definition) is 17. The van der Waals surface area contributed by atoms with E-state index in [9.17, 15) is 60.7 Å². The lowest BCUT2D eigenvalue weighted by molar-refractivity contribution is -0.366. The van der Waals surface area contributed by atoms with Gasteiger partial charge in [0.2, 0.25) is 0 Å². The third-order valence-electron chi connectivity index (χ3n) is 10.7. The molecule has 288 valence electrons. The van der Waals surface area contributed by atoms with Crippen LogP contribution in [0.2, 0.25) is 0 Å². The first-order valence-corrected chi connectivity index (χ1v) is 17.1. The molecule has 0 bridgehead atoms. The largest absolute Gasteiger partial charge is 0.479 e. The molecule has 5 fully saturated rings. The Morgan fingerprint density at radius 2 is 1.30 bits per heavy atom. The van der Waals surface area contributed by atoms with Crippen molar-refractivity contribution in [1.82, 2.24) is 0 Å². The molecule has 2 aliphatic carbocycles. The number of aliphatic carboxylic acids is 1.